The lowest BCUT2D eigenvalue weighted by Crippen LogP contribution is -2.29. The van der Waals surface area contributed by atoms with Gasteiger partial charge in [-0.3, -0.25) is 14.1 Å². The van der Waals surface area contributed by atoms with E-state index in [1.807, 2.05) is 6.92 Å². The molecule has 9 heteroatoms. The molecule has 8 nitrogen and oxygen atoms in total. The van der Waals surface area contributed by atoms with Gasteiger partial charge in [0, 0.05) is 12.8 Å². The molecule has 1 unspecified atom stereocenters. The molecule has 26 heavy (non-hydrogen) atoms. The first-order chi connectivity index (χ1) is 12.3. The molecule has 0 saturated heterocycles. The number of rotatable bonds is 16. The molecule has 0 fully saturated rings. The molecule has 0 saturated carbocycles. The van der Waals surface area contributed by atoms with Gasteiger partial charge < -0.3 is 14.4 Å². The summed E-state index contributed by atoms with van der Waals surface area (Å²) in [6, 6.07) is 0. The quantitative estimate of drug-likeness (QED) is 0.181. The molecule has 0 heterocycles. The number of carbonyl (C=O) groups excluding carboxylic acids is 2. The largest absolute Gasteiger partial charge is 0.512 e. The van der Waals surface area contributed by atoms with Crippen molar-refractivity contribution >= 4 is 19.8 Å². The normalized spacial score (nSPS) is 14.4. The molecule has 0 aliphatic heterocycles. The van der Waals surface area contributed by atoms with Crippen molar-refractivity contribution in [2.24, 2.45) is 0 Å². The standard InChI is InChI=1S/C17H31O8P/c1-4-6-8-9-10-12-16(18)23-13-15(14-24-26(20,21)22-3)25-17(19)11-7-5-2/h15H,3-14H2,1-2H3/p+1/t15-/m1/s1. The Morgan fingerprint density at radius 2 is 1.58 bits per heavy atom. The van der Waals surface area contributed by atoms with E-state index in [1.54, 1.807) is 0 Å². The zero-order chi connectivity index (χ0) is 19.8. The van der Waals surface area contributed by atoms with Gasteiger partial charge in [0.05, 0.1) is 6.61 Å². The van der Waals surface area contributed by atoms with Crippen LogP contribution in [0.5, 0.6) is 0 Å². The van der Waals surface area contributed by atoms with Gasteiger partial charge in [0.25, 0.3) is 0 Å². The summed E-state index contributed by atoms with van der Waals surface area (Å²) < 4.78 is 30.3. The second-order valence-corrected chi connectivity index (χ2v) is 7.41. The molecule has 0 aliphatic carbocycles. The van der Waals surface area contributed by atoms with Crippen LogP contribution in [-0.2, 0) is 32.7 Å². The Bertz CT molecular complexity index is 440. The third-order valence-corrected chi connectivity index (χ3v) is 4.34. The second kappa shape index (κ2) is 15.0. The SMILES string of the molecule is [CH2+]OP(=O)(O)OC[C@@H](COC(=O)CCCCCCC)OC(=O)CCCC. The lowest BCUT2D eigenvalue weighted by atomic mass is 10.1. The Labute approximate surface area is 156 Å². The fourth-order valence-corrected chi connectivity index (χ4v) is 2.46. The van der Waals surface area contributed by atoms with Crippen molar-refractivity contribution in [3.63, 3.8) is 0 Å². The van der Waals surface area contributed by atoms with E-state index < -0.39 is 32.5 Å². The fourth-order valence-electron chi connectivity index (χ4n) is 2.03. The molecule has 0 aromatic rings. The van der Waals surface area contributed by atoms with Gasteiger partial charge in [-0.05, 0) is 12.8 Å². The minimum absolute atomic E-state index is 0.209. The van der Waals surface area contributed by atoms with E-state index in [-0.39, 0.29) is 19.4 Å². The van der Waals surface area contributed by atoms with E-state index in [1.165, 1.54) is 0 Å². The van der Waals surface area contributed by atoms with Crippen molar-refractivity contribution in [2.75, 3.05) is 13.2 Å². The molecular formula is C17H32O8P+. The average Bonchev–Trinajstić information content (AvgIpc) is 2.62. The van der Waals surface area contributed by atoms with Crippen LogP contribution >= 0.6 is 7.82 Å². The molecule has 2 atom stereocenters. The van der Waals surface area contributed by atoms with Gasteiger partial charge >= 0.3 is 19.8 Å². The number of ether oxygens (including phenoxy) is 2. The molecule has 0 rings (SSSR count). The van der Waals surface area contributed by atoms with Crippen LogP contribution in [0.4, 0.5) is 0 Å². The predicted molar refractivity (Wildman–Crippen MR) is 96.0 cm³/mol. The highest BCUT2D eigenvalue weighted by Crippen LogP contribution is 2.42. The molecule has 0 aromatic carbocycles. The number of hydrogen-bond acceptors (Lipinski definition) is 7. The van der Waals surface area contributed by atoms with Crippen molar-refractivity contribution in [2.45, 2.75) is 77.7 Å². The van der Waals surface area contributed by atoms with Crippen LogP contribution in [0.25, 0.3) is 0 Å². The number of carbonyl (C=O) groups is 2. The Morgan fingerprint density at radius 3 is 2.19 bits per heavy atom. The first kappa shape index (κ1) is 24.9. The summed E-state index contributed by atoms with van der Waals surface area (Å²) in [6.45, 7) is 3.36. The first-order valence-electron chi connectivity index (χ1n) is 9.10. The number of esters is 2. The zero-order valence-electron chi connectivity index (χ0n) is 15.8. The van der Waals surface area contributed by atoms with E-state index in [0.29, 0.717) is 6.42 Å². The number of hydrogen-bond donors (Lipinski definition) is 1. The van der Waals surface area contributed by atoms with Crippen molar-refractivity contribution in [3.05, 3.63) is 7.11 Å². The molecule has 0 spiro atoms. The van der Waals surface area contributed by atoms with Crippen LogP contribution < -0.4 is 0 Å². The second-order valence-electron chi connectivity index (χ2n) is 5.96. The molecule has 0 aromatic heterocycles. The number of phosphoric ester groups is 1. The lowest BCUT2D eigenvalue weighted by Gasteiger charge is -2.18. The zero-order valence-corrected chi connectivity index (χ0v) is 16.7. The smallest absolute Gasteiger partial charge is 0.462 e. The minimum Gasteiger partial charge on any atom is -0.462 e. The summed E-state index contributed by atoms with van der Waals surface area (Å²) in [5.41, 5.74) is 0. The highest BCUT2D eigenvalue weighted by molar-refractivity contribution is 7.47. The maximum Gasteiger partial charge on any atom is 0.512 e. The topological polar surface area (TPSA) is 108 Å². The Balaban J connectivity index is 4.34. The highest BCUT2D eigenvalue weighted by atomic mass is 31.2. The molecule has 1 N–H and O–H groups in total. The van der Waals surface area contributed by atoms with Gasteiger partial charge in [-0.15, -0.1) is 0 Å². The Kier molecular flexibility index (Phi) is 14.4. The maximum absolute atomic E-state index is 11.8. The van der Waals surface area contributed by atoms with E-state index in [4.69, 9.17) is 9.47 Å². The summed E-state index contributed by atoms with van der Waals surface area (Å²) in [4.78, 5) is 32.7. The fraction of sp³-hybridized carbons (Fsp3) is 0.824. The average molecular weight is 395 g/mol. The van der Waals surface area contributed by atoms with E-state index in [9.17, 15) is 19.0 Å². The van der Waals surface area contributed by atoms with Crippen LogP contribution in [0.15, 0.2) is 0 Å². The molecule has 0 amide bonds. The number of unbranched alkanes of at least 4 members (excludes halogenated alkanes) is 5. The summed E-state index contributed by atoms with van der Waals surface area (Å²) in [7, 11) is -1.48. The van der Waals surface area contributed by atoms with E-state index >= 15 is 0 Å². The molecule has 152 valence electrons. The van der Waals surface area contributed by atoms with E-state index in [2.05, 4.69) is 23.1 Å². The van der Waals surface area contributed by atoms with Crippen molar-refractivity contribution in [1.29, 1.82) is 0 Å². The van der Waals surface area contributed by atoms with Crippen LogP contribution in [0.1, 0.15) is 71.6 Å². The third kappa shape index (κ3) is 14.1. The van der Waals surface area contributed by atoms with Crippen molar-refractivity contribution in [1.82, 2.24) is 0 Å². The van der Waals surface area contributed by atoms with Gasteiger partial charge in [0.2, 0.25) is 7.11 Å². The van der Waals surface area contributed by atoms with Crippen LogP contribution in [0.3, 0.4) is 0 Å². The van der Waals surface area contributed by atoms with Crippen molar-refractivity contribution in [3.8, 4) is 0 Å². The van der Waals surface area contributed by atoms with Crippen molar-refractivity contribution < 1.29 is 37.6 Å². The summed E-state index contributed by atoms with van der Waals surface area (Å²) in [5.74, 6) is -0.893. The number of phosphoric acid groups is 1. The molecule has 0 bridgehead atoms. The van der Waals surface area contributed by atoms with Gasteiger partial charge in [-0.1, -0.05) is 50.5 Å². The lowest BCUT2D eigenvalue weighted by molar-refractivity contribution is -0.161. The summed E-state index contributed by atoms with van der Waals surface area (Å²) in [5, 5.41) is 0. The van der Waals surface area contributed by atoms with Gasteiger partial charge in [-0.2, -0.15) is 0 Å². The minimum atomic E-state index is -4.31. The summed E-state index contributed by atoms with van der Waals surface area (Å²) in [6.07, 6.45) is 6.01. The predicted octanol–water partition coefficient (Wildman–Crippen LogP) is 3.92. The van der Waals surface area contributed by atoms with Gasteiger partial charge in [0.1, 0.15) is 6.61 Å². The Hall–Kier alpha value is -1.08. The van der Waals surface area contributed by atoms with Gasteiger partial charge in [0.15, 0.2) is 6.10 Å². The first-order valence-corrected chi connectivity index (χ1v) is 10.6. The highest BCUT2D eigenvalue weighted by Gasteiger charge is 2.27. The third-order valence-electron chi connectivity index (χ3n) is 3.53. The van der Waals surface area contributed by atoms with Crippen LogP contribution in [0.2, 0.25) is 0 Å². The Morgan fingerprint density at radius 1 is 0.962 bits per heavy atom. The molecule has 0 radical (unpaired) electrons. The molecule has 0 aliphatic rings. The van der Waals surface area contributed by atoms with Crippen LogP contribution in [-0.4, -0.2) is 36.1 Å². The van der Waals surface area contributed by atoms with Gasteiger partial charge in [-0.25, -0.2) is 4.57 Å². The summed E-state index contributed by atoms with van der Waals surface area (Å²) >= 11 is 0. The monoisotopic (exact) mass is 395 g/mol. The maximum atomic E-state index is 11.8. The molecular weight excluding hydrogens is 363 g/mol. The van der Waals surface area contributed by atoms with Crippen LogP contribution in [0, 0.1) is 7.11 Å². The van der Waals surface area contributed by atoms with E-state index in [0.717, 1.165) is 38.5 Å².